The van der Waals surface area contributed by atoms with Gasteiger partial charge in [0.25, 0.3) is 5.91 Å². The molecule has 2 aromatic rings. The normalized spacial score (nSPS) is 15.0. The highest BCUT2D eigenvalue weighted by Gasteiger charge is 2.45. The van der Waals surface area contributed by atoms with Crippen molar-refractivity contribution >= 4 is 5.91 Å². The largest absolute Gasteiger partial charge is 0.492 e. The second-order valence-corrected chi connectivity index (χ2v) is 7.53. The highest BCUT2D eigenvalue weighted by molar-refractivity contribution is 5.96. The molecule has 1 aliphatic carbocycles. The van der Waals surface area contributed by atoms with Crippen LogP contribution in [0.3, 0.4) is 0 Å². The smallest absolute Gasteiger partial charge is 0.252 e. The van der Waals surface area contributed by atoms with Gasteiger partial charge in [-0.25, -0.2) is 0 Å². The molecular weight excluding hydrogens is 324 g/mol. The predicted molar refractivity (Wildman–Crippen MR) is 105 cm³/mol. The lowest BCUT2D eigenvalue weighted by Crippen LogP contribution is -2.35. The van der Waals surface area contributed by atoms with Crippen LogP contribution in [0.4, 0.5) is 0 Å². The number of likely N-dealkylation sites (N-methyl/N-ethyl adjacent to an activating group) is 1. The Morgan fingerprint density at radius 2 is 1.92 bits per heavy atom. The number of carbonyl (C=O) groups is 1. The summed E-state index contributed by atoms with van der Waals surface area (Å²) >= 11 is 0. The zero-order valence-corrected chi connectivity index (χ0v) is 16.1. The summed E-state index contributed by atoms with van der Waals surface area (Å²) in [6.07, 6.45) is 1.97. The third-order valence-corrected chi connectivity index (χ3v) is 4.93. The van der Waals surface area contributed by atoms with Gasteiger partial charge in [-0.2, -0.15) is 0 Å². The summed E-state index contributed by atoms with van der Waals surface area (Å²) in [5.41, 5.74) is 3.85. The van der Waals surface area contributed by atoms with E-state index in [9.17, 15) is 4.79 Å². The summed E-state index contributed by atoms with van der Waals surface area (Å²) in [7, 11) is 4.02. The summed E-state index contributed by atoms with van der Waals surface area (Å²) in [6, 6.07) is 14.1. The Labute approximate surface area is 156 Å². The molecule has 4 heteroatoms. The van der Waals surface area contributed by atoms with Gasteiger partial charge in [0.05, 0.1) is 5.54 Å². The minimum Gasteiger partial charge on any atom is -0.492 e. The Morgan fingerprint density at radius 3 is 2.58 bits per heavy atom. The lowest BCUT2D eigenvalue weighted by molar-refractivity contribution is 0.0929. The van der Waals surface area contributed by atoms with E-state index in [2.05, 4.69) is 41.4 Å². The molecule has 2 aromatic carbocycles. The van der Waals surface area contributed by atoms with Crippen molar-refractivity contribution in [2.24, 2.45) is 0 Å². The van der Waals surface area contributed by atoms with Crippen molar-refractivity contribution in [2.45, 2.75) is 32.2 Å². The molecule has 1 amide bonds. The number of nitrogens with zero attached hydrogens (tertiary/aromatic N) is 1. The third-order valence-electron chi connectivity index (χ3n) is 4.93. The molecule has 0 aliphatic heterocycles. The molecule has 0 saturated heterocycles. The van der Waals surface area contributed by atoms with Crippen LogP contribution in [-0.4, -0.2) is 38.1 Å². The van der Waals surface area contributed by atoms with Crippen molar-refractivity contribution in [3.05, 3.63) is 64.7 Å². The maximum atomic E-state index is 12.9. The first-order valence-corrected chi connectivity index (χ1v) is 9.17. The van der Waals surface area contributed by atoms with Crippen LogP contribution >= 0.6 is 0 Å². The molecule has 0 radical (unpaired) electrons. The second-order valence-electron chi connectivity index (χ2n) is 7.53. The van der Waals surface area contributed by atoms with Gasteiger partial charge in [0.2, 0.25) is 0 Å². The number of rotatable bonds is 7. The van der Waals surface area contributed by atoms with Gasteiger partial charge in [0, 0.05) is 12.1 Å². The molecule has 0 bridgehead atoms. The summed E-state index contributed by atoms with van der Waals surface area (Å²) in [4.78, 5) is 15.0. The monoisotopic (exact) mass is 352 g/mol. The average molecular weight is 352 g/mol. The van der Waals surface area contributed by atoms with E-state index in [0.29, 0.717) is 12.2 Å². The van der Waals surface area contributed by atoms with E-state index in [4.69, 9.17) is 4.74 Å². The Hall–Kier alpha value is -2.33. The van der Waals surface area contributed by atoms with E-state index in [-0.39, 0.29) is 11.4 Å². The first-order chi connectivity index (χ1) is 12.4. The molecule has 0 aromatic heterocycles. The Kier molecular flexibility index (Phi) is 5.33. The molecular formula is C22H28N2O2. The average Bonchev–Trinajstić information content (AvgIpc) is 3.37. The maximum absolute atomic E-state index is 12.9. The van der Waals surface area contributed by atoms with Gasteiger partial charge < -0.3 is 15.0 Å². The van der Waals surface area contributed by atoms with Crippen LogP contribution in [0.1, 0.15) is 39.9 Å². The van der Waals surface area contributed by atoms with E-state index in [0.717, 1.165) is 30.7 Å². The molecule has 0 atom stereocenters. The van der Waals surface area contributed by atoms with Crippen molar-refractivity contribution in [3.8, 4) is 5.75 Å². The van der Waals surface area contributed by atoms with E-state index in [1.54, 1.807) is 0 Å². The number of amides is 1. The Morgan fingerprint density at radius 1 is 1.15 bits per heavy atom. The Balaban J connectivity index is 1.73. The van der Waals surface area contributed by atoms with Gasteiger partial charge in [-0.05, 0) is 64.0 Å². The zero-order valence-electron chi connectivity index (χ0n) is 16.1. The van der Waals surface area contributed by atoms with Crippen molar-refractivity contribution in [3.63, 3.8) is 0 Å². The summed E-state index contributed by atoms with van der Waals surface area (Å²) in [5, 5.41) is 3.27. The standard InChI is InChI=1S/C22H28N2O2/c1-16-6-5-7-18(14-16)22(10-11-22)23-21(25)20-15-19(9-8-17(20)2)26-13-12-24(3)4/h5-9,14-15H,10-13H2,1-4H3,(H,23,25). The Bertz CT molecular complexity index is 794. The van der Waals surface area contributed by atoms with Gasteiger partial charge in [0.15, 0.2) is 0 Å². The molecule has 0 heterocycles. The van der Waals surface area contributed by atoms with Crippen molar-refractivity contribution in [1.29, 1.82) is 0 Å². The predicted octanol–water partition coefficient (Wildman–Crippen LogP) is 3.66. The number of hydrogen-bond acceptors (Lipinski definition) is 3. The van der Waals surface area contributed by atoms with E-state index in [1.165, 1.54) is 11.1 Å². The first kappa shape index (κ1) is 18.5. The van der Waals surface area contributed by atoms with Crippen molar-refractivity contribution in [2.75, 3.05) is 27.2 Å². The van der Waals surface area contributed by atoms with E-state index >= 15 is 0 Å². The molecule has 4 nitrogen and oxygen atoms in total. The second kappa shape index (κ2) is 7.50. The van der Waals surface area contributed by atoms with Crippen LogP contribution in [0.5, 0.6) is 5.75 Å². The molecule has 0 unspecified atom stereocenters. The highest BCUT2D eigenvalue weighted by Crippen LogP contribution is 2.46. The number of aryl methyl sites for hydroxylation is 2. The van der Waals surface area contributed by atoms with Crippen LogP contribution in [0.2, 0.25) is 0 Å². The minimum absolute atomic E-state index is 0.0282. The maximum Gasteiger partial charge on any atom is 0.252 e. The number of nitrogens with one attached hydrogen (secondary N) is 1. The fourth-order valence-electron chi connectivity index (χ4n) is 3.12. The van der Waals surface area contributed by atoms with Crippen molar-refractivity contribution in [1.82, 2.24) is 10.2 Å². The molecule has 3 rings (SSSR count). The van der Waals surface area contributed by atoms with Crippen LogP contribution in [0, 0.1) is 13.8 Å². The topological polar surface area (TPSA) is 41.6 Å². The van der Waals surface area contributed by atoms with Gasteiger partial charge in [-0.15, -0.1) is 0 Å². The highest BCUT2D eigenvalue weighted by atomic mass is 16.5. The fraction of sp³-hybridized carbons (Fsp3) is 0.409. The van der Waals surface area contributed by atoms with Crippen LogP contribution in [0.15, 0.2) is 42.5 Å². The fourth-order valence-corrected chi connectivity index (χ4v) is 3.12. The SMILES string of the molecule is Cc1cccc(C2(NC(=O)c3cc(OCCN(C)C)ccc3C)CC2)c1. The van der Waals surface area contributed by atoms with Gasteiger partial charge >= 0.3 is 0 Å². The first-order valence-electron chi connectivity index (χ1n) is 9.17. The van der Waals surface area contributed by atoms with Gasteiger partial charge in [0.1, 0.15) is 12.4 Å². The minimum atomic E-state index is -0.211. The molecule has 1 saturated carbocycles. The number of hydrogen-bond donors (Lipinski definition) is 1. The number of benzene rings is 2. The van der Waals surface area contributed by atoms with Crippen molar-refractivity contribution < 1.29 is 9.53 Å². The lowest BCUT2D eigenvalue weighted by atomic mass is 10.0. The van der Waals surface area contributed by atoms with E-state index in [1.807, 2.05) is 39.2 Å². The summed E-state index contributed by atoms with van der Waals surface area (Å²) < 4.78 is 5.79. The van der Waals surface area contributed by atoms with Gasteiger partial charge in [-0.3, -0.25) is 4.79 Å². The van der Waals surface area contributed by atoms with Crippen LogP contribution in [-0.2, 0) is 5.54 Å². The quantitative estimate of drug-likeness (QED) is 0.827. The number of ether oxygens (including phenoxy) is 1. The molecule has 0 spiro atoms. The molecule has 1 fully saturated rings. The lowest BCUT2D eigenvalue weighted by Gasteiger charge is -2.20. The summed E-state index contributed by atoms with van der Waals surface area (Å²) in [5.74, 6) is 0.711. The summed E-state index contributed by atoms with van der Waals surface area (Å²) in [6.45, 7) is 5.49. The van der Waals surface area contributed by atoms with Gasteiger partial charge in [-0.1, -0.05) is 35.9 Å². The van der Waals surface area contributed by atoms with E-state index < -0.39 is 0 Å². The molecule has 1 N–H and O–H groups in total. The third kappa shape index (κ3) is 4.25. The molecule has 138 valence electrons. The van der Waals surface area contributed by atoms with Crippen LogP contribution in [0.25, 0.3) is 0 Å². The zero-order chi connectivity index (χ0) is 18.7. The molecule has 26 heavy (non-hydrogen) atoms. The van der Waals surface area contributed by atoms with Crippen LogP contribution < -0.4 is 10.1 Å². The molecule has 1 aliphatic rings. The number of carbonyl (C=O) groups excluding carboxylic acids is 1.